The second-order valence-corrected chi connectivity index (χ2v) is 18.1. The molecule has 12 heteroatoms. The van der Waals surface area contributed by atoms with Gasteiger partial charge in [0.2, 0.25) is 5.91 Å². The summed E-state index contributed by atoms with van der Waals surface area (Å²) in [6.45, 7) is 14.5. The van der Waals surface area contributed by atoms with Gasteiger partial charge in [-0.05, 0) is 127 Å². The Kier molecular flexibility index (Phi) is 10.3. The molecule has 4 aromatic rings. The number of carbonyl (C=O) groups is 3. The van der Waals surface area contributed by atoms with E-state index in [1.54, 1.807) is 84.3 Å². The summed E-state index contributed by atoms with van der Waals surface area (Å²) in [6.07, 6.45) is 5.38. The molecule has 0 saturated heterocycles. The van der Waals surface area contributed by atoms with Gasteiger partial charge in [0.1, 0.15) is 22.7 Å². The minimum atomic E-state index is -3.02. The highest BCUT2D eigenvalue weighted by Crippen LogP contribution is 2.47. The van der Waals surface area contributed by atoms with E-state index in [2.05, 4.69) is 31.5 Å². The van der Waals surface area contributed by atoms with Crippen molar-refractivity contribution in [3.8, 4) is 11.8 Å². The Bertz CT molecular complexity index is 2310. The highest BCUT2D eigenvalue weighted by atomic mass is 32.2. The quantitative estimate of drug-likeness (QED) is 0.191. The number of imide groups is 1. The molecule has 2 aromatic heterocycles. The number of aromatic nitrogens is 2. The second kappa shape index (κ2) is 14.5. The maximum atomic E-state index is 14.1. The number of rotatable bonds is 6. The first-order valence-corrected chi connectivity index (χ1v) is 19.9. The van der Waals surface area contributed by atoms with Crippen LogP contribution in [0, 0.1) is 11.8 Å². The standard InChI is InChI=1S/C42H47N5O6S/c1-9-42(10-2)33-20-14-27(24-35(33)47(37(42)48)39(50)53-41(6,7)8)15-21-34-32-25-36(44-26-28(32)22-23-43-34)45-29-16-18-31(19-17-29)54(51,30-12-11-13-30)46-38(49)52-40(3,4)5/h14,16-20,22-26,30H,9-13H2,1-8H3,(H,44,45). The molecule has 3 heterocycles. The smallest absolute Gasteiger partial charge is 0.442 e. The van der Waals surface area contributed by atoms with Crippen LogP contribution in [0.1, 0.15) is 104 Å². The van der Waals surface area contributed by atoms with E-state index in [1.165, 1.54) is 0 Å². The molecule has 0 bridgehead atoms. The number of fused-ring (bicyclic) bond motifs is 2. The van der Waals surface area contributed by atoms with Crippen LogP contribution in [-0.2, 0) is 29.4 Å². The predicted octanol–water partition coefficient (Wildman–Crippen LogP) is 9.43. The lowest BCUT2D eigenvalue weighted by Crippen LogP contribution is -2.44. The van der Waals surface area contributed by atoms with E-state index in [0.717, 1.165) is 40.5 Å². The van der Waals surface area contributed by atoms with Gasteiger partial charge in [-0.25, -0.2) is 28.7 Å². The minimum Gasteiger partial charge on any atom is -0.443 e. The van der Waals surface area contributed by atoms with Crippen molar-refractivity contribution in [1.82, 2.24) is 9.97 Å². The average molecular weight is 750 g/mol. The Hall–Kier alpha value is -5.28. The highest BCUT2D eigenvalue weighted by molar-refractivity contribution is 7.94. The average Bonchev–Trinajstić information content (AvgIpc) is 3.31. The van der Waals surface area contributed by atoms with Crippen LogP contribution in [0.5, 0.6) is 0 Å². The van der Waals surface area contributed by atoms with E-state index in [9.17, 15) is 18.6 Å². The van der Waals surface area contributed by atoms with E-state index in [1.807, 2.05) is 38.1 Å². The van der Waals surface area contributed by atoms with Crippen LogP contribution < -0.4 is 10.2 Å². The first-order valence-electron chi connectivity index (χ1n) is 18.3. The molecule has 2 aliphatic rings. The molecule has 2 aromatic carbocycles. The number of hydrogen-bond donors (Lipinski definition) is 1. The van der Waals surface area contributed by atoms with Gasteiger partial charge in [0.15, 0.2) is 0 Å². The number of hydrogen-bond acceptors (Lipinski definition) is 9. The second-order valence-electron chi connectivity index (χ2n) is 15.7. The Morgan fingerprint density at radius 2 is 1.63 bits per heavy atom. The number of nitrogens with one attached hydrogen (secondary N) is 1. The van der Waals surface area contributed by atoms with Gasteiger partial charge in [-0.2, -0.15) is 0 Å². The zero-order chi connectivity index (χ0) is 39.1. The topological polar surface area (TPSA) is 140 Å². The summed E-state index contributed by atoms with van der Waals surface area (Å²) in [7, 11) is -3.02. The van der Waals surface area contributed by atoms with Gasteiger partial charge in [0.05, 0.1) is 20.8 Å². The molecule has 1 atom stereocenters. The first kappa shape index (κ1) is 38.4. The molecule has 0 spiro atoms. The van der Waals surface area contributed by atoms with Crippen molar-refractivity contribution in [2.75, 3.05) is 10.2 Å². The fraction of sp³-hybridized carbons (Fsp3) is 0.405. The maximum absolute atomic E-state index is 14.1. The molecule has 1 aliphatic heterocycles. The number of nitrogens with zero attached hydrogens (tertiary/aromatic N) is 4. The largest absolute Gasteiger partial charge is 0.443 e. The van der Waals surface area contributed by atoms with Crippen molar-refractivity contribution in [2.24, 2.45) is 4.36 Å². The minimum absolute atomic E-state index is 0.206. The van der Waals surface area contributed by atoms with E-state index in [4.69, 9.17) is 9.47 Å². The van der Waals surface area contributed by atoms with E-state index >= 15 is 0 Å². The van der Waals surface area contributed by atoms with E-state index in [0.29, 0.717) is 46.2 Å². The summed E-state index contributed by atoms with van der Waals surface area (Å²) < 4.78 is 29.3. The first-order chi connectivity index (χ1) is 25.5. The number of carbonyl (C=O) groups excluding carboxylic acids is 3. The van der Waals surface area contributed by atoms with Gasteiger partial charge >= 0.3 is 12.2 Å². The lowest BCUT2D eigenvalue weighted by Gasteiger charge is -2.29. The van der Waals surface area contributed by atoms with Crippen molar-refractivity contribution < 1.29 is 28.1 Å². The molecular formula is C42H47N5O6S. The van der Waals surface area contributed by atoms with E-state index < -0.39 is 38.5 Å². The van der Waals surface area contributed by atoms with Crippen LogP contribution in [0.25, 0.3) is 10.8 Å². The summed E-state index contributed by atoms with van der Waals surface area (Å²) in [4.78, 5) is 50.5. The molecule has 0 radical (unpaired) electrons. The Labute approximate surface area is 317 Å². The van der Waals surface area contributed by atoms with E-state index in [-0.39, 0.29) is 11.2 Å². The predicted molar refractivity (Wildman–Crippen MR) is 210 cm³/mol. The molecule has 282 valence electrons. The normalized spacial score (nSPS) is 16.4. The highest BCUT2D eigenvalue weighted by Gasteiger charge is 2.51. The summed E-state index contributed by atoms with van der Waals surface area (Å²) >= 11 is 0. The molecule has 1 saturated carbocycles. The van der Waals surface area contributed by atoms with Crippen LogP contribution in [-0.4, -0.2) is 48.7 Å². The van der Waals surface area contributed by atoms with Gasteiger partial charge in [0.25, 0.3) is 0 Å². The van der Waals surface area contributed by atoms with Crippen LogP contribution in [0.4, 0.5) is 26.8 Å². The van der Waals surface area contributed by atoms with Crippen LogP contribution in [0.15, 0.2) is 76.2 Å². The van der Waals surface area contributed by atoms with Crippen molar-refractivity contribution in [2.45, 2.75) is 114 Å². The molecule has 6 rings (SSSR count). The fourth-order valence-electron chi connectivity index (χ4n) is 6.71. The molecule has 1 aliphatic carbocycles. The molecule has 1 N–H and O–H groups in total. The third-order valence-electron chi connectivity index (χ3n) is 9.69. The van der Waals surface area contributed by atoms with Crippen LogP contribution in [0.3, 0.4) is 0 Å². The zero-order valence-electron chi connectivity index (χ0n) is 32.1. The number of amides is 3. The fourth-order valence-corrected chi connectivity index (χ4v) is 9.10. The maximum Gasteiger partial charge on any atom is 0.442 e. The number of anilines is 3. The Morgan fingerprint density at radius 1 is 0.944 bits per heavy atom. The SMILES string of the molecule is CCC1(CC)C(=O)N(C(=O)OC(C)(C)C)c2cc(C#Cc3nccc4cnc(Nc5ccc(S(=O)(=NC(=O)OC(C)(C)C)C6CCC6)cc5)cc34)ccc21. The lowest BCUT2D eigenvalue weighted by molar-refractivity contribution is -0.123. The van der Waals surface area contributed by atoms with Gasteiger partial charge in [0, 0.05) is 44.6 Å². The molecule has 1 unspecified atom stereocenters. The molecular weight excluding hydrogens is 703 g/mol. The Balaban J connectivity index is 1.28. The monoisotopic (exact) mass is 749 g/mol. The molecule has 1 fully saturated rings. The summed E-state index contributed by atoms with van der Waals surface area (Å²) in [6, 6.07) is 16.3. The lowest BCUT2D eigenvalue weighted by atomic mass is 9.77. The van der Waals surface area contributed by atoms with Gasteiger partial charge < -0.3 is 14.8 Å². The summed E-state index contributed by atoms with van der Waals surface area (Å²) in [5.74, 6) is 6.63. The molecule has 3 amide bonds. The van der Waals surface area contributed by atoms with Gasteiger partial charge in [-0.3, -0.25) is 4.79 Å². The van der Waals surface area contributed by atoms with Gasteiger partial charge in [-0.15, -0.1) is 4.36 Å². The van der Waals surface area contributed by atoms with Crippen LogP contribution in [0.2, 0.25) is 0 Å². The van der Waals surface area contributed by atoms with Crippen molar-refractivity contribution >= 4 is 55.8 Å². The summed E-state index contributed by atoms with van der Waals surface area (Å²) in [5, 5.41) is 4.71. The molecule has 54 heavy (non-hydrogen) atoms. The van der Waals surface area contributed by atoms with Crippen LogP contribution >= 0.6 is 0 Å². The van der Waals surface area contributed by atoms with Gasteiger partial charge in [-0.1, -0.05) is 32.3 Å². The van der Waals surface area contributed by atoms with Crippen molar-refractivity contribution in [3.05, 3.63) is 83.8 Å². The number of ether oxygens (including phenoxy) is 2. The number of benzene rings is 2. The van der Waals surface area contributed by atoms with Crippen molar-refractivity contribution in [3.63, 3.8) is 0 Å². The Morgan fingerprint density at radius 3 is 2.24 bits per heavy atom. The third kappa shape index (κ3) is 7.69. The molecule has 11 nitrogen and oxygen atoms in total. The number of pyridine rings is 2. The third-order valence-corrected chi connectivity index (χ3v) is 12.4. The zero-order valence-corrected chi connectivity index (χ0v) is 32.9. The summed E-state index contributed by atoms with van der Waals surface area (Å²) in [5.41, 5.74) is 0.769. The van der Waals surface area contributed by atoms with Crippen molar-refractivity contribution in [1.29, 1.82) is 0 Å².